The lowest BCUT2D eigenvalue weighted by Crippen LogP contribution is -2.09. The summed E-state index contributed by atoms with van der Waals surface area (Å²) in [7, 11) is 0. The summed E-state index contributed by atoms with van der Waals surface area (Å²) < 4.78 is 0. The topological polar surface area (TPSA) is 20.2 Å². The van der Waals surface area contributed by atoms with E-state index >= 15 is 0 Å². The van der Waals surface area contributed by atoms with Gasteiger partial charge in [0.25, 0.3) is 0 Å². The molecule has 1 N–H and O–H groups in total. The Kier molecular flexibility index (Phi) is 1.91. The van der Waals surface area contributed by atoms with Crippen molar-refractivity contribution in [3.05, 3.63) is 47.2 Å². The molecule has 0 aromatic heterocycles. The Morgan fingerprint density at radius 2 is 1.93 bits per heavy atom. The third kappa shape index (κ3) is 1.24. The first-order valence-corrected chi connectivity index (χ1v) is 5.02. The monoisotopic (exact) mass is 188 g/mol. The minimum absolute atomic E-state index is 0.113. The van der Waals surface area contributed by atoms with E-state index in [0.29, 0.717) is 5.76 Å². The molecule has 0 heterocycles. The van der Waals surface area contributed by atoms with Crippen molar-refractivity contribution in [1.82, 2.24) is 0 Å². The van der Waals surface area contributed by atoms with Crippen LogP contribution in [-0.2, 0) is 5.41 Å². The van der Waals surface area contributed by atoms with Crippen LogP contribution >= 0.6 is 0 Å². The Bertz CT molecular complexity index is 386. The van der Waals surface area contributed by atoms with Gasteiger partial charge in [0.05, 0.1) is 11.2 Å². The van der Waals surface area contributed by atoms with Crippen LogP contribution in [0.4, 0.5) is 0 Å². The van der Waals surface area contributed by atoms with Crippen LogP contribution in [0.2, 0.25) is 0 Å². The average Bonchev–Trinajstić information content (AvgIpc) is 2.90. The van der Waals surface area contributed by atoms with Gasteiger partial charge in [0.2, 0.25) is 0 Å². The van der Waals surface area contributed by atoms with Gasteiger partial charge in [-0.25, -0.2) is 0 Å². The van der Waals surface area contributed by atoms with Gasteiger partial charge in [-0.3, -0.25) is 0 Å². The fourth-order valence-electron chi connectivity index (χ4n) is 1.91. The summed E-state index contributed by atoms with van der Waals surface area (Å²) in [6.45, 7) is 7.88. The van der Waals surface area contributed by atoms with Crippen LogP contribution < -0.4 is 0 Å². The third-order valence-corrected chi connectivity index (χ3v) is 3.36. The van der Waals surface area contributed by atoms with E-state index in [1.54, 1.807) is 0 Å². The molecule has 0 radical (unpaired) electrons. The second-order valence-corrected chi connectivity index (χ2v) is 4.33. The van der Waals surface area contributed by atoms with Crippen molar-refractivity contribution in [2.45, 2.75) is 32.1 Å². The zero-order chi connectivity index (χ0) is 10.3. The lowest BCUT2D eigenvalue weighted by Gasteiger charge is -2.15. The fourth-order valence-corrected chi connectivity index (χ4v) is 1.91. The zero-order valence-electron chi connectivity index (χ0n) is 8.80. The van der Waals surface area contributed by atoms with Crippen molar-refractivity contribution in [2.24, 2.45) is 0 Å². The summed E-state index contributed by atoms with van der Waals surface area (Å²) in [5.41, 5.74) is 3.69. The van der Waals surface area contributed by atoms with Gasteiger partial charge in [-0.2, -0.15) is 0 Å². The van der Waals surface area contributed by atoms with Crippen LogP contribution in [0.1, 0.15) is 29.5 Å². The molecule has 1 nitrogen and oxygen atoms in total. The van der Waals surface area contributed by atoms with Crippen LogP contribution in [-0.4, -0.2) is 5.11 Å². The van der Waals surface area contributed by atoms with E-state index in [2.05, 4.69) is 38.6 Å². The van der Waals surface area contributed by atoms with E-state index in [-0.39, 0.29) is 5.41 Å². The van der Waals surface area contributed by atoms with E-state index in [4.69, 9.17) is 0 Å². The molecule has 0 atom stereocenters. The van der Waals surface area contributed by atoms with Gasteiger partial charge in [-0.05, 0) is 43.4 Å². The molecule has 74 valence electrons. The van der Waals surface area contributed by atoms with Crippen molar-refractivity contribution < 1.29 is 5.11 Å². The molecule has 2 rings (SSSR count). The highest BCUT2D eigenvalue weighted by Crippen LogP contribution is 2.52. The first-order chi connectivity index (χ1) is 6.56. The number of allylic oxidation sites excluding steroid dienone is 1. The minimum atomic E-state index is -0.113. The Morgan fingerprint density at radius 3 is 2.36 bits per heavy atom. The molecule has 0 bridgehead atoms. The zero-order valence-corrected chi connectivity index (χ0v) is 8.80. The summed E-state index contributed by atoms with van der Waals surface area (Å²) >= 11 is 0. The van der Waals surface area contributed by atoms with E-state index in [9.17, 15) is 5.11 Å². The van der Waals surface area contributed by atoms with Gasteiger partial charge in [-0.1, -0.05) is 24.8 Å². The molecule has 0 aliphatic heterocycles. The molecule has 1 fully saturated rings. The highest BCUT2D eigenvalue weighted by Gasteiger charge is 2.47. The molecule has 14 heavy (non-hydrogen) atoms. The van der Waals surface area contributed by atoms with Gasteiger partial charge in [0, 0.05) is 0 Å². The number of hydrogen-bond acceptors (Lipinski definition) is 1. The van der Waals surface area contributed by atoms with E-state index in [0.717, 1.165) is 12.8 Å². The minimum Gasteiger partial charge on any atom is -0.512 e. The van der Waals surface area contributed by atoms with Crippen LogP contribution in [0.25, 0.3) is 0 Å². The van der Waals surface area contributed by atoms with Gasteiger partial charge in [0.1, 0.15) is 0 Å². The Balaban J connectivity index is 2.43. The predicted molar refractivity (Wildman–Crippen MR) is 58.6 cm³/mol. The predicted octanol–water partition coefficient (Wildman–Crippen LogP) is 3.41. The third-order valence-electron chi connectivity index (χ3n) is 3.36. The molecule has 1 heteroatoms. The molecule has 0 saturated heterocycles. The van der Waals surface area contributed by atoms with Crippen molar-refractivity contribution >= 4 is 0 Å². The molecule has 1 aromatic carbocycles. The van der Waals surface area contributed by atoms with Crippen LogP contribution in [0.3, 0.4) is 0 Å². The number of benzene rings is 1. The molecule has 0 spiro atoms. The Morgan fingerprint density at radius 1 is 1.29 bits per heavy atom. The maximum atomic E-state index is 9.56. The van der Waals surface area contributed by atoms with Crippen molar-refractivity contribution in [1.29, 1.82) is 0 Å². The van der Waals surface area contributed by atoms with Crippen LogP contribution in [0, 0.1) is 13.8 Å². The summed E-state index contributed by atoms with van der Waals surface area (Å²) in [5.74, 6) is 0.320. The summed E-state index contributed by atoms with van der Waals surface area (Å²) in [6.07, 6.45) is 2.07. The van der Waals surface area contributed by atoms with E-state index in [1.807, 2.05) is 0 Å². The molecule has 0 amide bonds. The molecule has 1 aliphatic carbocycles. The van der Waals surface area contributed by atoms with Crippen molar-refractivity contribution in [3.63, 3.8) is 0 Å². The quantitative estimate of drug-likeness (QED) is 0.705. The lowest BCUT2D eigenvalue weighted by atomic mass is 9.92. The number of aryl methyl sites for hydroxylation is 2. The largest absolute Gasteiger partial charge is 0.512 e. The molecule has 1 aromatic rings. The van der Waals surface area contributed by atoms with Gasteiger partial charge >= 0.3 is 0 Å². The normalized spacial score (nSPS) is 17.9. The van der Waals surface area contributed by atoms with E-state index in [1.165, 1.54) is 16.7 Å². The van der Waals surface area contributed by atoms with Crippen molar-refractivity contribution in [3.8, 4) is 0 Å². The van der Waals surface area contributed by atoms with Crippen LogP contribution in [0.15, 0.2) is 30.5 Å². The number of aliphatic hydroxyl groups is 1. The number of hydrogen-bond donors (Lipinski definition) is 1. The summed E-state index contributed by atoms with van der Waals surface area (Å²) in [4.78, 5) is 0. The van der Waals surface area contributed by atoms with Crippen LogP contribution in [0.5, 0.6) is 0 Å². The maximum absolute atomic E-state index is 9.56. The molecule has 1 aliphatic rings. The summed E-state index contributed by atoms with van der Waals surface area (Å²) in [5, 5.41) is 9.56. The fraction of sp³-hybridized carbons (Fsp3) is 0.385. The molecule has 1 saturated carbocycles. The lowest BCUT2D eigenvalue weighted by molar-refractivity contribution is 0.362. The molecule has 0 unspecified atom stereocenters. The first-order valence-electron chi connectivity index (χ1n) is 5.02. The first kappa shape index (κ1) is 9.32. The van der Waals surface area contributed by atoms with Crippen molar-refractivity contribution in [2.75, 3.05) is 0 Å². The highest BCUT2D eigenvalue weighted by atomic mass is 16.3. The molecular formula is C13H16O. The highest BCUT2D eigenvalue weighted by molar-refractivity contribution is 5.42. The number of rotatable bonds is 2. The van der Waals surface area contributed by atoms with Gasteiger partial charge in [-0.15, -0.1) is 0 Å². The van der Waals surface area contributed by atoms with Gasteiger partial charge < -0.3 is 5.11 Å². The smallest absolute Gasteiger partial charge is 0.0956 e. The number of aliphatic hydroxyl groups excluding tert-OH is 1. The maximum Gasteiger partial charge on any atom is 0.0956 e. The van der Waals surface area contributed by atoms with Gasteiger partial charge in [0.15, 0.2) is 0 Å². The van der Waals surface area contributed by atoms with E-state index < -0.39 is 0 Å². The average molecular weight is 188 g/mol. The Labute approximate surface area is 85.1 Å². The summed E-state index contributed by atoms with van der Waals surface area (Å²) in [6, 6.07) is 6.40. The standard InChI is InChI=1S/C13H16O/c1-9-4-5-12(8-10(9)2)13(6-7-13)11(3)14/h4-5,8,14H,3,6-7H2,1-2H3. The Hall–Kier alpha value is -1.24. The second kappa shape index (κ2) is 2.88. The second-order valence-electron chi connectivity index (χ2n) is 4.33. The molecular weight excluding hydrogens is 172 g/mol. The SMILES string of the molecule is C=C(O)C1(c2ccc(C)c(C)c2)CC1.